The number of carbonyl (C=O) groups excluding carboxylic acids is 2. The number of aliphatic hydroxyl groups is 1. The van der Waals surface area contributed by atoms with E-state index in [1.54, 1.807) is 18.2 Å². The number of benzene rings is 1. The first-order chi connectivity index (χ1) is 9.08. The molecule has 0 aliphatic rings. The van der Waals surface area contributed by atoms with Gasteiger partial charge >= 0.3 is 0 Å². The van der Waals surface area contributed by atoms with Crippen LogP contribution in [0.3, 0.4) is 0 Å². The normalized spacial score (nSPS) is 9.21. The highest BCUT2D eigenvalue weighted by Gasteiger charge is 2.08. The van der Waals surface area contributed by atoms with E-state index in [1.165, 1.54) is 7.05 Å². The van der Waals surface area contributed by atoms with Crippen molar-refractivity contribution < 1.29 is 14.7 Å². The van der Waals surface area contributed by atoms with Crippen molar-refractivity contribution in [3.8, 4) is 11.8 Å². The van der Waals surface area contributed by atoms with Crippen molar-refractivity contribution in [2.24, 2.45) is 0 Å². The maximum absolute atomic E-state index is 11.8. The number of aliphatic hydroxyl groups excluding tert-OH is 1. The van der Waals surface area contributed by atoms with Gasteiger partial charge in [0.2, 0.25) is 5.91 Å². The monoisotopic (exact) mass is 260 g/mol. The fraction of sp³-hybridized carbons (Fsp3) is 0.286. The maximum atomic E-state index is 11.8. The molecule has 0 heterocycles. The molecule has 1 aromatic rings. The molecule has 100 valence electrons. The fourth-order valence-electron chi connectivity index (χ4n) is 1.43. The van der Waals surface area contributed by atoms with E-state index in [2.05, 4.69) is 22.5 Å². The van der Waals surface area contributed by atoms with Gasteiger partial charge in [0.25, 0.3) is 5.91 Å². The first-order valence-electron chi connectivity index (χ1n) is 5.77. The Balaban J connectivity index is 2.77. The van der Waals surface area contributed by atoms with Crippen LogP contribution < -0.4 is 10.6 Å². The van der Waals surface area contributed by atoms with Gasteiger partial charge in [-0.2, -0.15) is 0 Å². The van der Waals surface area contributed by atoms with Crippen LogP contribution in [-0.4, -0.2) is 37.1 Å². The van der Waals surface area contributed by atoms with E-state index in [4.69, 9.17) is 5.11 Å². The minimum absolute atomic E-state index is 0.0551. The second kappa shape index (κ2) is 7.19. The molecule has 0 fully saturated rings. The lowest BCUT2D eigenvalue weighted by atomic mass is 10.0. The molecule has 0 radical (unpaired) electrons. The van der Waals surface area contributed by atoms with Crippen LogP contribution in [0, 0.1) is 18.8 Å². The van der Waals surface area contributed by atoms with Gasteiger partial charge in [-0.1, -0.05) is 11.8 Å². The van der Waals surface area contributed by atoms with Gasteiger partial charge < -0.3 is 15.7 Å². The number of aryl methyl sites for hydroxylation is 1. The molecule has 0 aliphatic carbocycles. The average molecular weight is 260 g/mol. The number of hydrogen-bond acceptors (Lipinski definition) is 3. The third kappa shape index (κ3) is 4.45. The molecule has 0 saturated carbocycles. The van der Waals surface area contributed by atoms with Crippen molar-refractivity contribution in [2.45, 2.75) is 6.92 Å². The lowest BCUT2D eigenvalue weighted by Crippen LogP contribution is -2.35. The summed E-state index contributed by atoms with van der Waals surface area (Å²) in [6.07, 6.45) is 0. The second-order valence-electron chi connectivity index (χ2n) is 3.85. The van der Waals surface area contributed by atoms with Crippen LogP contribution in [0.4, 0.5) is 0 Å². The highest BCUT2D eigenvalue weighted by molar-refractivity contribution is 5.96. The minimum atomic E-state index is -0.312. The Hall–Kier alpha value is -2.32. The Morgan fingerprint density at radius 2 is 2.11 bits per heavy atom. The molecule has 0 atom stereocenters. The summed E-state index contributed by atoms with van der Waals surface area (Å²) in [4.78, 5) is 22.8. The Bertz CT molecular complexity index is 541. The largest absolute Gasteiger partial charge is 0.384 e. The molecule has 0 aliphatic heterocycles. The number of hydrogen-bond donors (Lipinski definition) is 3. The van der Waals surface area contributed by atoms with E-state index in [9.17, 15) is 9.59 Å². The van der Waals surface area contributed by atoms with Crippen LogP contribution in [0.15, 0.2) is 18.2 Å². The number of rotatable bonds is 3. The van der Waals surface area contributed by atoms with Gasteiger partial charge in [-0.15, -0.1) is 0 Å². The van der Waals surface area contributed by atoms with E-state index in [0.29, 0.717) is 5.56 Å². The van der Waals surface area contributed by atoms with Gasteiger partial charge in [-0.3, -0.25) is 9.59 Å². The first kappa shape index (κ1) is 14.7. The lowest BCUT2D eigenvalue weighted by Gasteiger charge is -2.06. The van der Waals surface area contributed by atoms with E-state index in [-0.39, 0.29) is 25.0 Å². The number of carbonyl (C=O) groups is 2. The van der Waals surface area contributed by atoms with E-state index in [0.717, 1.165) is 11.1 Å². The summed E-state index contributed by atoms with van der Waals surface area (Å²) in [5.41, 5.74) is 2.07. The molecule has 0 saturated heterocycles. The third-order valence-corrected chi connectivity index (χ3v) is 2.48. The van der Waals surface area contributed by atoms with Gasteiger partial charge in [-0.25, -0.2) is 0 Å². The van der Waals surface area contributed by atoms with Crippen molar-refractivity contribution in [3.05, 3.63) is 34.9 Å². The Morgan fingerprint density at radius 1 is 1.37 bits per heavy atom. The van der Waals surface area contributed by atoms with Crippen molar-refractivity contribution >= 4 is 11.8 Å². The van der Waals surface area contributed by atoms with Crippen LogP contribution in [0.1, 0.15) is 21.5 Å². The van der Waals surface area contributed by atoms with E-state index in [1.807, 2.05) is 6.92 Å². The summed E-state index contributed by atoms with van der Waals surface area (Å²) in [6, 6.07) is 5.04. The van der Waals surface area contributed by atoms with Crippen molar-refractivity contribution in [1.82, 2.24) is 10.6 Å². The quantitative estimate of drug-likeness (QED) is 0.659. The number of likely N-dealkylation sites (N-methyl/N-ethyl adjacent to an activating group) is 1. The highest BCUT2D eigenvalue weighted by atomic mass is 16.2. The molecule has 1 rings (SSSR count). The predicted octanol–water partition coefficient (Wildman–Crippen LogP) is -0.185. The fourth-order valence-corrected chi connectivity index (χ4v) is 1.43. The molecule has 1 aromatic carbocycles. The number of amides is 2. The zero-order chi connectivity index (χ0) is 14.3. The topological polar surface area (TPSA) is 78.4 Å². The molecule has 0 bridgehead atoms. The molecule has 3 N–H and O–H groups in total. The van der Waals surface area contributed by atoms with Gasteiger partial charge in [-0.05, 0) is 30.7 Å². The van der Waals surface area contributed by atoms with Crippen molar-refractivity contribution in [1.29, 1.82) is 0 Å². The van der Waals surface area contributed by atoms with E-state index < -0.39 is 0 Å². The summed E-state index contributed by atoms with van der Waals surface area (Å²) in [5, 5.41) is 13.6. The molecule has 0 aromatic heterocycles. The number of nitrogens with one attached hydrogen (secondary N) is 2. The zero-order valence-corrected chi connectivity index (χ0v) is 10.9. The summed E-state index contributed by atoms with van der Waals surface area (Å²) in [7, 11) is 1.51. The van der Waals surface area contributed by atoms with E-state index >= 15 is 0 Å². The molecule has 5 nitrogen and oxygen atoms in total. The first-order valence-corrected chi connectivity index (χ1v) is 5.77. The lowest BCUT2D eigenvalue weighted by molar-refractivity contribution is -0.119. The van der Waals surface area contributed by atoms with Crippen LogP contribution >= 0.6 is 0 Å². The van der Waals surface area contributed by atoms with Crippen LogP contribution in [-0.2, 0) is 4.79 Å². The summed E-state index contributed by atoms with van der Waals surface area (Å²) in [6.45, 7) is 1.57. The molecule has 2 amide bonds. The smallest absolute Gasteiger partial charge is 0.251 e. The standard InChI is InChI=1S/C14H16N2O3/c1-10-8-12(6-5-11(10)4-3-7-17)14(19)16-9-13(18)15-2/h5-6,8,17H,7,9H2,1-2H3,(H,15,18)(H,16,19). The maximum Gasteiger partial charge on any atom is 0.251 e. The van der Waals surface area contributed by atoms with Gasteiger partial charge in [0.15, 0.2) is 0 Å². The molecule has 0 spiro atoms. The van der Waals surface area contributed by atoms with Gasteiger partial charge in [0, 0.05) is 18.2 Å². The minimum Gasteiger partial charge on any atom is -0.384 e. The zero-order valence-electron chi connectivity index (χ0n) is 10.9. The highest BCUT2D eigenvalue weighted by Crippen LogP contribution is 2.10. The SMILES string of the molecule is CNC(=O)CNC(=O)c1ccc(C#CCO)c(C)c1. The molecular formula is C14H16N2O3. The van der Waals surface area contributed by atoms with Crippen LogP contribution in [0.25, 0.3) is 0 Å². The predicted molar refractivity (Wildman–Crippen MR) is 71.5 cm³/mol. The van der Waals surface area contributed by atoms with Crippen molar-refractivity contribution in [3.63, 3.8) is 0 Å². The van der Waals surface area contributed by atoms with Gasteiger partial charge in [0.1, 0.15) is 6.61 Å². The van der Waals surface area contributed by atoms with Crippen molar-refractivity contribution in [2.75, 3.05) is 20.2 Å². The molecule has 0 unspecified atom stereocenters. The van der Waals surface area contributed by atoms with Crippen LogP contribution in [0.2, 0.25) is 0 Å². The molecule has 5 heteroatoms. The second-order valence-corrected chi connectivity index (χ2v) is 3.85. The third-order valence-electron chi connectivity index (χ3n) is 2.48. The molecular weight excluding hydrogens is 244 g/mol. The summed E-state index contributed by atoms with van der Waals surface area (Å²) < 4.78 is 0. The average Bonchev–Trinajstić information content (AvgIpc) is 2.42. The van der Waals surface area contributed by atoms with Crippen LogP contribution in [0.5, 0.6) is 0 Å². The Labute approximate surface area is 112 Å². The molecule has 19 heavy (non-hydrogen) atoms. The Morgan fingerprint density at radius 3 is 2.68 bits per heavy atom. The summed E-state index contributed by atoms with van der Waals surface area (Å²) >= 11 is 0. The summed E-state index contributed by atoms with van der Waals surface area (Å²) in [5.74, 6) is 4.78. The van der Waals surface area contributed by atoms with Gasteiger partial charge in [0.05, 0.1) is 6.54 Å². The Kier molecular flexibility index (Phi) is 5.58.